The van der Waals surface area contributed by atoms with Gasteiger partial charge in [0.1, 0.15) is 0 Å². The first-order chi connectivity index (χ1) is 11.2. The van der Waals surface area contributed by atoms with Gasteiger partial charge in [0.2, 0.25) is 0 Å². The normalized spacial score (nSPS) is 17.9. The van der Waals surface area contributed by atoms with Gasteiger partial charge in [-0.1, -0.05) is 23.3 Å². The quantitative estimate of drug-likeness (QED) is 0.782. The second kappa shape index (κ2) is 7.26. The van der Waals surface area contributed by atoms with Crippen LogP contribution in [-0.4, -0.2) is 31.1 Å². The standard InChI is InChI=1S/C18H22ClNO3/c1-22-16-10-15(19)9-14-11-20(17(21)12-23-18(14)16)8-7-13-5-3-2-4-6-13/h5,9-10H,2-4,6-8,11-12H2,1H3. The molecule has 0 radical (unpaired) electrons. The number of benzene rings is 1. The highest BCUT2D eigenvalue weighted by Crippen LogP contribution is 2.37. The minimum Gasteiger partial charge on any atom is -0.493 e. The predicted molar refractivity (Wildman–Crippen MR) is 90.1 cm³/mol. The average Bonchev–Trinajstić information content (AvgIpc) is 2.72. The smallest absolute Gasteiger partial charge is 0.260 e. The first-order valence-corrected chi connectivity index (χ1v) is 8.50. The zero-order valence-electron chi connectivity index (χ0n) is 13.4. The zero-order chi connectivity index (χ0) is 16.2. The molecule has 0 saturated heterocycles. The van der Waals surface area contributed by atoms with Crippen LogP contribution in [-0.2, 0) is 11.3 Å². The first kappa shape index (κ1) is 16.2. The van der Waals surface area contributed by atoms with Crippen molar-refractivity contribution in [1.29, 1.82) is 0 Å². The highest BCUT2D eigenvalue weighted by molar-refractivity contribution is 6.30. The lowest BCUT2D eigenvalue weighted by molar-refractivity contribution is -0.133. The minimum absolute atomic E-state index is 0.00999. The Morgan fingerprint density at radius 3 is 2.96 bits per heavy atom. The van der Waals surface area contributed by atoms with Gasteiger partial charge < -0.3 is 14.4 Å². The Morgan fingerprint density at radius 2 is 2.22 bits per heavy atom. The molecule has 5 heteroatoms. The summed E-state index contributed by atoms with van der Waals surface area (Å²) in [6.07, 6.45) is 8.15. The number of carbonyl (C=O) groups is 1. The number of allylic oxidation sites excluding steroid dienone is 1. The van der Waals surface area contributed by atoms with Crippen LogP contribution in [0.3, 0.4) is 0 Å². The molecule has 0 atom stereocenters. The van der Waals surface area contributed by atoms with E-state index < -0.39 is 0 Å². The number of ether oxygens (including phenoxy) is 2. The van der Waals surface area contributed by atoms with Gasteiger partial charge in [-0.25, -0.2) is 0 Å². The number of halogens is 1. The molecule has 1 heterocycles. The lowest BCUT2D eigenvalue weighted by Gasteiger charge is -2.22. The molecular formula is C18H22ClNO3. The summed E-state index contributed by atoms with van der Waals surface area (Å²) in [5, 5.41) is 0.591. The van der Waals surface area contributed by atoms with E-state index in [2.05, 4.69) is 6.08 Å². The first-order valence-electron chi connectivity index (χ1n) is 8.12. The highest BCUT2D eigenvalue weighted by atomic mass is 35.5. The third-order valence-corrected chi connectivity index (χ3v) is 4.68. The molecule has 1 aliphatic carbocycles. The van der Waals surface area contributed by atoms with E-state index >= 15 is 0 Å². The van der Waals surface area contributed by atoms with Gasteiger partial charge in [0.05, 0.1) is 7.11 Å². The maximum absolute atomic E-state index is 12.3. The molecule has 0 unspecified atom stereocenters. The molecule has 1 amide bonds. The minimum atomic E-state index is 0.00999. The van der Waals surface area contributed by atoms with E-state index in [0.717, 1.165) is 24.9 Å². The SMILES string of the molecule is COc1cc(Cl)cc2c1OCC(=O)N(CCC1=CCCCC1)C2. The van der Waals surface area contributed by atoms with Gasteiger partial charge in [-0.05, 0) is 38.2 Å². The van der Waals surface area contributed by atoms with Crippen LogP contribution in [0, 0.1) is 0 Å². The van der Waals surface area contributed by atoms with E-state index in [9.17, 15) is 4.79 Å². The van der Waals surface area contributed by atoms with Gasteiger partial charge in [0, 0.05) is 29.7 Å². The lowest BCUT2D eigenvalue weighted by Crippen LogP contribution is -2.33. The summed E-state index contributed by atoms with van der Waals surface area (Å²) in [7, 11) is 1.58. The number of nitrogens with zero attached hydrogens (tertiary/aromatic N) is 1. The molecule has 0 spiro atoms. The van der Waals surface area contributed by atoms with Gasteiger partial charge >= 0.3 is 0 Å². The number of fused-ring (bicyclic) bond motifs is 1. The molecule has 1 aliphatic heterocycles. The number of methoxy groups -OCH3 is 1. The molecule has 1 aromatic carbocycles. The Kier molecular flexibility index (Phi) is 5.11. The summed E-state index contributed by atoms with van der Waals surface area (Å²) >= 11 is 6.15. The number of hydrogen-bond donors (Lipinski definition) is 0. The Hall–Kier alpha value is -1.68. The monoisotopic (exact) mass is 335 g/mol. The maximum Gasteiger partial charge on any atom is 0.260 e. The summed E-state index contributed by atoms with van der Waals surface area (Å²) in [4.78, 5) is 14.2. The molecule has 3 rings (SSSR count). The number of carbonyl (C=O) groups excluding carboxylic acids is 1. The number of hydrogen-bond acceptors (Lipinski definition) is 3. The van der Waals surface area contributed by atoms with Crippen LogP contribution in [0.15, 0.2) is 23.8 Å². The zero-order valence-corrected chi connectivity index (χ0v) is 14.2. The Labute approximate surface area is 142 Å². The fourth-order valence-electron chi connectivity index (χ4n) is 3.19. The molecule has 124 valence electrons. The molecule has 0 bridgehead atoms. The molecular weight excluding hydrogens is 314 g/mol. The fraction of sp³-hybridized carbons (Fsp3) is 0.500. The summed E-state index contributed by atoms with van der Waals surface area (Å²) in [6.45, 7) is 1.28. The van der Waals surface area contributed by atoms with E-state index in [4.69, 9.17) is 21.1 Å². The van der Waals surface area contributed by atoms with E-state index in [0.29, 0.717) is 23.1 Å². The van der Waals surface area contributed by atoms with E-state index in [1.54, 1.807) is 13.2 Å². The van der Waals surface area contributed by atoms with Crippen molar-refractivity contribution in [3.63, 3.8) is 0 Å². The van der Waals surface area contributed by atoms with Gasteiger partial charge in [-0.3, -0.25) is 4.79 Å². The summed E-state index contributed by atoms with van der Waals surface area (Å²) in [6, 6.07) is 3.57. The van der Waals surface area contributed by atoms with Crippen molar-refractivity contribution in [1.82, 2.24) is 4.90 Å². The van der Waals surface area contributed by atoms with Crippen molar-refractivity contribution < 1.29 is 14.3 Å². The summed E-state index contributed by atoms with van der Waals surface area (Å²) < 4.78 is 11.0. The molecule has 1 aromatic rings. The highest BCUT2D eigenvalue weighted by Gasteiger charge is 2.24. The van der Waals surface area contributed by atoms with Crippen LogP contribution >= 0.6 is 11.6 Å². The topological polar surface area (TPSA) is 38.8 Å². The maximum atomic E-state index is 12.3. The van der Waals surface area contributed by atoms with Crippen LogP contribution in [0.5, 0.6) is 11.5 Å². The Bertz CT molecular complexity index is 627. The van der Waals surface area contributed by atoms with Gasteiger partial charge in [0.25, 0.3) is 5.91 Å². The second-order valence-electron chi connectivity index (χ2n) is 6.06. The number of rotatable bonds is 4. The second-order valence-corrected chi connectivity index (χ2v) is 6.49. The van der Waals surface area contributed by atoms with E-state index in [1.807, 2.05) is 11.0 Å². The fourth-order valence-corrected chi connectivity index (χ4v) is 3.42. The molecule has 4 nitrogen and oxygen atoms in total. The summed E-state index contributed by atoms with van der Waals surface area (Å²) in [5.41, 5.74) is 2.37. The van der Waals surface area contributed by atoms with Gasteiger partial charge in [0.15, 0.2) is 18.1 Å². The lowest BCUT2D eigenvalue weighted by atomic mass is 9.97. The van der Waals surface area contributed by atoms with Crippen molar-refractivity contribution in [3.8, 4) is 11.5 Å². The van der Waals surface area contributed by atoms with E-state index in [-0.39, 0.29) is 12.5 Å². The molecule has 0 saturated carbocycles. The molecule has 0 aromatic heterocycles. The van der Waals surface area contributed by atoms with Crippen molar-refractivity contribution in [2.75, 3.05) is 20.3 Å². The third-order valence-electron chi connectivity index (χ3n) is 4.46. The Morgan fingerprint density at radius 1 is 1.35 bits per heavy atom. The molecule has 0 fully saturated rings. The molecule has 23 heavy (non-hydrogen) atoms. The molecule has 2 aliphatic rings. The largest absolute Gasteiger partial charge is 0.493 e. The summed E-state index contributed by atoms with van der Waals surface area (Å²) in [5.74, 6) is 1.22. The van der Waals surface area contributed by atoms with Gasteiger partial charge in [-0.15, -0.1) is 0 Å². The van der Waals surface area contributed by atoms with Gasteiger partial charge in [-0.2, -0.15) is 0 Å². The average molecular weight is 336 g/mol. The predicted octanol–water partition coefficient (Wildman–Crippen LogP) is 3.96. The third kappa shape index (κ3) is 3.81. The van der Waals surface area contributed by atoms with Crippen LogP contribution in [0.25, 0.3) is 0 Å². The van der Waals surface area contributed by atoms with Crippen LogP contribution in [0.4, 0.5) is 0 Å². The van der Waals surface area contributed by atoms with Crippen LogP contribution < -0.4 is 9.47 Å². The number of amides is 1. The van der Waals surface area contributed by atoms with Crippen LogP contribution in [0.2, 0.25) is 5.02 Å². The van der Waals surface area contributed by atoms with Crippen molar-refractivity contribution in [2.24, 2.45) is 0 Å². The van der Waals surface area contributed by atoms with Crippen molar-refractivity contribution in [2.45, 2.75) is 38.6 Å². The molecule has 0 N–H and O–H groups in total. The van der Waals surface area contributed by atoms with E-state index in [1.165, 1.54) is 24.8 Å². The Balaban J connectivity index is 1.75. The van der Waals surface area contributed by atoms with Crippen molar-refractivity contribution in [3.05, 3.63) is 34.4 Å². The van der Waals surface area contributed by atoms with Crippen molar-refractivity contribution >= 4 is 17.5 Å². The van der Waals surface area contributed by atoms with Crippen LogP contribution in [0.1, 0.15) is 37.7 Å².